The molecule has 2 amide bonds. The largest absolute Gasteiger partial charge is 0.337 e. The number of amides is 2. The van der Waals surface area contributed by atoms with Crippen LogP contribution in [0.15, 0.2) is 41.8 Å². The minimum absolute atomic E-state index is 0.00473. The Kier molecular flexibility index (Phi) is 5.32. The first kappa shape index (κ1) is 16.4. The number of hydrogen-bond acceptors (Lipinski definition) is 3. The van der Waals surface area contributed by atoms with Gasteiger partial charge in [-0.1, -0.05) is 6.07 Å². The standard InChI is InChI=1S/C17H17IN2O2S/c18-13-5-7-14(8-6-13)19-16(21)12-3-1-9-20(11-12)17(22)15-4-2-10-23-15/h2,4-8,10,12H,1,3,9,11H2,(H,19,21)/t12-/m0/s1. The number of hydrogen-bond donors (Lipinski definition) is 1. The van der Waals surface area contributed by atoms with Crippen LogP contribution in [0.3, 0.4) is 0 Å². The molecule has 1 aromatic carbocycles. The lowest BCUT2D eigenvalue weighted by molar-refractivity contribution is -0.121. The molecule has 0 aliphatic carbocycles. The van der Waals surface area contributed by atoms with Gasteiger partial charge in [0.1, 0.15) is 0 Å². The first-order valence-corrected chi connectivity index (χ1v) is 9.48. The lowest BCUT2D eigenvalue weighted by Gasteiger charge is -2.31. The topological polar surface area (TPSA) is 49.4 Å². The molecule has 0 bridgehead atoms. The highest BCUT2D eigenvalue weighted by Crippen LogP contribution is 2.22. The zero-order valence-corrected chi connectivity index (χ0v) is 15.5. The van der Waals surface area contributed by atoms with Gasteiger partial charge in [0.05, 0.1) is 10.8 Å². The molecule has 2 heterocycles. The van der Waals surface area contributed by atoms with Crippen LogP contribution in [-0.2, 0) is 4.79 Å². The fraction of sp³-hybridized carbons (Fsp3) is 0.294. The van der Waals surface area contributed by atoms with Crippen molar-refractivity contribution < 1.29 is 9.59 Å². The average molecular weight is 440 g/mol. The van der Waals surface area contributed by atoms with Gasteiger partial charge in [0.2, 0.25) is 5.91 Å². The summed E-state index contributed by atoms with van der Waals surface area (Å²) in [7, 11) is 0. The van der Waals surface area contributed by atoms with Gasteiger partial charge in [-0.2, -0.15) is 0 Å². The van der Waals surface area contributed by atoms with Crippen molar-refractivity contribution in [3.63, 3.8) is 0 Å². The Morgan fingerprint density at radius 3 is 2.70 bits per heavy atom. The first-order chi connectivity index (χ1) is 11.1. The maximum Gasteiger partial charge on any atom is 0.263 e. The van der Waals surface area contributed by atoms with Crippen molar-refractivity contribution >= 4 is 51.4 Å². The van der Waals surface area contributed by atoms with Gasteiger partial charge in [-0.3, -0.25) is 9.59 Å². The molecule has 0 radical (unpaired) electrons. The second-order valence-electron chi connectivity index (χ2n) is 5.56. The number of benzene rings is 1. The Labute approximate surface area is 153 Å². The predicted molar refractivity (Wildman–Crippen MR) is 101 cm³/mol. The fourth-order valence-corrected chi connectivity index (χ4v) is 3.76. The molecule has 0 saturated carbocycles. The molecule has 0 unspecified atom stereocenters. The van der Waals surface area contributed by atoms with Gasteiger partial charge in [0.25, 0.3) is 5.91 Å². The van der Waals surface area contributed by atoms with Gasteiger partial charge in [0.15, 0.2) is 0 Å². The molecular weight excluding hydrogens is 423 g/mol. The number of carbonyl (C=O) groups excluding carboxylic acids is 2. The lowest BCUT2D eigenvalue weighted by atomic mass is 9.97. The Hall–Kier alpha value is -1.41. The summed E-state index contributed by atoms with van der Waals surface area (Å²) in [6.07, 6.45) is 1.69. The Balaban J connectivity index is 1.62. The van der Waals surface area contributed by atoms with E-state index in [0.717, 1.165) is 33.5 Å². The van der Waals surface area contributed by atoms with Gasteiger partial charge < -0.3 is 10.2 Å². The van der Waals surface area contributed by atoms with E-state index < -0.39 is 0 Å². The van der Waals surface area contributed by atoms with Crippen molar-refractivity contribution in [2.24, 2.45) is 5.92 Å². The van der Waals surface area contributed by atoms with Gasteiger partial charge in [-0.15, -0.1) is 11.3 Å². The highest BCUT2D eigenvalue weighted by Gasteiger charge is 2.29. The minimum Gasteiger partial charge on any atom is -0.337 e. The van der Waals surface area contributed by atoms with Crippen molar-refractivity contribution in [3.8, 4) is 0 Å². The van der Waals surface area contributed by atoms with Crippen molar-refractivity contribution in [1.29, 1.82) is 0 Å². The third-order valence-corrected chi connectivity index (χ3v) is 5.50. The zero-order chi connectivity index (χ0) is 16.2. The molecule has 120 valence electrons. The highest BCUT2D eigenvalue weighted by molar-refractivity contribution is 14.1. The quantitative estimate of drug-likeness (QED) is 0.738. The second kappa shape index (κ2) is 7.44. The number of rotatable bonds is 3. The van der Waals surface area contributed by atoms with Crippen molar-refractivity contribution in [2.75, 3.05) is 18.4 Å². The van der Waals surface area contributed by atoms with E-state index in [1.54, 1.807) is 4.90 Å². The maximum atomic E-state index is 12.5. The van der Waals surface area contributed by atoms with Crippen molar-refractivity contribution in [2.45, 2.75) is 12.8 Å². The molecule has 1 fully saturated rings. The number of carbonyl (C=O) groups is 2. The van der Waals surface area contributed by atoms with E-state index in [0.29, 0.717) is 6.54 Å². The summed E-state index contributed by atoms with van der Waals surface area (Å²) in [4.78, 5) is 27.4. The smallest absolute Gasteiger partial charge is 0.263 e. The fourth-order valence-electron chi connectivity index (χ4n) is 2.71. The Morgan fingerprint density at radius 2 is 2.00 bits per heavy atom. The second-order valence-corrected chi connectivity index (χ2v) is 7.76. The molecule has 3 rings (SSSR count). The van der Waals surface area contributed by atoms with Crippen LogP contribution in [0.2, 0.25) is 0 Å². The van der Waals surface area contributed by atoms with Gasteiger partial charge >= 0.3 is 0 Å². The average Bonchev–Trinajstić information content (AvgIpc) is 3.11. The van der Waals surface area contributed by atoms with E-state index in [9.17, 15) is 9.59 Å². The number of likely N-dealkylation sites (tertiary alicyclic amines) is 1. The third-order valence-electron chi connectivity index (χ3n) is 3.92. The normalized spacial score (nSPS) is 17.8. The SMILES string of the molecule is O=C(Nc1ccc(I)cc1)[C@H]1CCCN(C(=O)c2cccs2)C1. The molecular formula is C17H17IN2O2S. The molecule has 23 heavy (non-hydrogen) atoms. The molecule has 2 aromatic rings. The van der Waals surface area contributed by atoms with E-state index in [1.165, 1.54) is 11.3 Å². The van der Waals surface area contributed by atoms with Gasteiger partial charge in [-0.25, -0.2) is 0 Å². The highest BCUT2D eigenvalue weighted by atomic mass is 127. The predicted octanol–water partition coefficient (Wildman–Crippen LogP) is 3.84. The zero-order valence-electron chi connectivity index (χ0n) is 12.5. The molecule has 1 aliphatic rings. The summed E-state index contributed by atoms with van der Waals surface area (Å²) in [6.45, 7) is 1.22. The molecule has 1 atom stereocenters. The van der Waals surface area contributed by atoms with Crippen molar-refractivity contribution in [1.82, 2.24) is 4.90 Å². The molecule has 1 N–H and O–H groups in total. The molecule has 4 nitrogen and oxygen atoms in total. The van der Waals surface area contributed by atoms with Crippen LogP contribution in [0.5, 0.6) is 0 Å². The van der Waals surface area contributed by atoms with Crippen LogP contribution < -0.4 is 5.32 Å². The molecule has 0 spiro atoms. The molecule has 1 aromatic heterocycles. The monoisotopic (exact) mass is 440 g/mol. The Morgan fingerprint density at radius 1 is 1.22 bits per heavy atom. The van der Waals surface area contributed by atoms with E-state index in [1.807, 2.05) is 41.8 Å². The van der Waals surface area contributed by atoms with Crippen LogP contribution in [0.4, 0.5) is 5.69 Å². The van der Waals surface area contributed by atoms with Gasteiger partial charge in [-0.05, 0) is 71.1 Å². The third kappa shape index (κ3) is 4.11. The van der Waals surface area contributed by atoms with Crippen LogP contribution in [0, 0.1) is 9.49 Å². The van der Waals surface area contributed by atoms with Crippen LogP contribution >= 0.6 is 33.9 Å². The summed E-state index contributed by atoms with van der Waals surface area (Å²) >= 11 is 3.68. The van der Waals surface area contributed by atoms with Crippen LogP contribution in [-0.4, -0.2) is 29.8 Å². The molecule has 1 saturated heterocycles. The van der Waals surface area contributed by atoms with E-state index in [4.69, 9.17) is 0 Å². The van der Waals surface area contributed by atoms with Crippen LogP contribution in [0.25, 0.3) is 0 Å². The molecule has 1 aliphatic heterocycles. The Bertz CT molecular complexity index is 685. The number of piperidine rings is 1. The van der Waals surface area contributed by atoms with Crippen molar-refractivity contribution in [3.05, 3.63) is 50.2 Å². The number of anilines is 1. The van der Waals surface area contributed by atoms with E-state index >= 15 is 0 Å². The maximum absolute atomic E-state index is 12.5. The minimum atomic E-state index is -0.146. The van der Waals surface area contributed by atoms with Gasteiger partial charge in [0, 0.05) is 22.3 Å². The number of halogens is 1. The summed E-state index contributed by atoms with van der Waals surface area (Å²) in [5.41, 5.74) is 0.803. The first-order valence-electron chi connectivity index (χ1n) is 7.52. The number of nitrogens with one attached hydrogen (secondary N) is 1. The number of thiophene rings is 1. The summed E-state index contributed by atoms with van der Waals surface area (Å²) in [5.74, 6) is -0.117. The summed E-state index contributed by atoms with van der Waals surface area (Å²) in [6, 6.07) is 11.4. The summed E-state index contributed by atoms with van der Waals surface area (Å²) in [5, 5.41) is 4.86. The molecule has 6 heteroatoms. The number of nitrogens with zero attached hydrogens (tertiary/aromatic N) is 1. The lowest BCUT2D eigenvalue weighted by Crippen LogP contribution is -2.43. The van der Waals surface area contributed by atoms with E-state index in [-0.39, 0.29) is 17.7 Å². The van der Waals surface area contributed by atoms with E-state index in [2.05, 4.69) is 27.9 Å². The van der Waals surface area contributed by atoms with Crippen LogP contribution in [0.1, 0.15) is 22.5 Å². The summed E-state index contributed by atoms with van der Waals surface area (Å²) < 4.78 is 1.13.